The Morgan fingerprint density at radius 3 is 2.59 bits per heavy atom. The first-order valence-electron chi connectivity index (χ1n) is 9.68. The Bertz CT molecular complexity index is 1090. The average molecular weight is 413 g/mol. The monoisotopic (exact) mass is 412 g/mol. The van der Waals surface area contributed by atoms with E-state index in [0.29, 0.717) is 11.6 Å². The zero-order chi connectivity index (χ0) is 20.4. The summed E-state index contributed by atoms with van der Waals surface area (Å²) in [6, 6.07) is 14.3. The predicted molar refractivity (Wildman–Crippen MR) is 110 cm³/mol. The number of nitrogens with zero attached hydrogens (tertiary/aromatic N) is 4. The molecule has 3 aromatic rings. The maximum atomic E-state index is 13.5. The molecule has 1 aliphatic rings. The number of anilines is 1. The molecule has 8 heteroatoms. The van der Waals surface area contributed by atoms with Crippen LogP contribution >= 0.6 is 0 Å². The molecular formula is C21H24N4O3S. The Kier molecular flexibility index (Phi) is 5.27. The van der Waals surface area contributed by atoms with Gasteiger partial charge in [-0.15, -0.1) is 0 Å². The van der Waals surface area contributed by atoms with Gasteiger partial charge in [-0.2, -0.15) is 5.10 Å². The smallest absolute Gasteiger partial charge is 0.264 e. The minimum Gasteiger partial charge on any atom is -0.486 e. The first kappa shape index (κ1) is 19.4. The van der Waals surface area contributed by atoms with E-state index in [1.807, 2.05) is 31.2 Å². The van der Waals surface area contributed by atoms with Crippen molar-refractivity contribution in [2.24, 2.45) is 7.05 Å². The minimum absolute atomic E-state index is 0.0401. The Morgan fingerprint density at radius 1 is 1.14 bits per heavy atom. The third-order valence-corrected chi connectivity index (χ3v) is 7.21. The molecule has 0 saturated heterocycles. The van der Waals surface area contributed by atoms with Crippen molar-refractivity contribution in [1.29, 1.82) is 0 Å². The van der Waals surface area contributed by atoms with Crippen LogP contribution in [0.4, 0.5) is 5.69 Å². The van der Waals surface area contributed by atoms with Crippen molar-refractivity contribution >= 4 is 15.7 Å². The van der Waals surface area contributed by atoms with Crippen LogP contribution in [-0.4, -0.2) is 29.2 Å². The fourth-order valence-corrected chi connectivity index (χ4v) is 5.48. The summed E-state index contributed by atoms with van der Waals surface area (Å²) in [6.45, 7) is 2.30. The lowest BCUT2D eigenvalue weighted by atomic mass is 9.97. The molecule has 2 heterocycles. The summed E-state index contributed by atoms with van der Waals surface area (Å²) in [5.74, 6) is 1.27. The number of aryl methyl sites for hydroxylation is 2. The highest BCUT2D eigenvalue weighted by molar-refractivity contribution is 7.92. The van der Waals surface area contributed by atoms with Crippen LogP contribution in [0.3, 0.4) is 0 Å². The van der Waals surface area contributed by atoms with Gasteiger partial charge in [-0.1, -0.05) is 25.1 Å². The topological polar surface area (TPSA) is 77.3 Å². The first-order valence-corrected chi connectivity index (χ1v) is 11.1. The second kappa shape index (κ2) is 7.87. The fraction of sp³-hybridized carbons (Fsp3) is 0.333. The van der Waals surface area contributed by atoms with Crippen LogP contribution in [0, 0.1) is 0 Å². The molecule has 0 radical (unpaired) electrons. The lowest BCUT2D eigenvalue weighted by molar-refractivity contribution is 0.289. The summed E-state index contributed by atoms with van der Waals surface area (Å²) in [4.78, 5) is 4.37. The van der Waals surface area contributed by atoms with Gasteiger partial charge in [0.1, 0.15) is 18.7 Å². The molecule has 0 unspecified atom stereocenters. The Labute approximate surface area is 171 Å². The molecule has 0 bridgehead atoms. The van der Waals surface area contributed by atoms with Crippen LogP contribution < -0.4 is 9.04 Å². The Balaban J connectivity index is 1.59. The molecule has 0 amide bonds. The molecule has 0 N–H and O–H groups in total. The standard InChI is InChI=1S/C21H24N4O3S/c1-3-17-9-8-16-6-4-5-7-20(16)25(17)29(26,27)19-12-10-18(11-13-19)28-14-21-22-15-23-24(21)2/h4-7,10-13,15,17H,3,8-9,14H2,1-2H3/t17-/m0/s1. The van der Waals surface area contributed by atoms with Crippen LogP contribution in [0.1, 0.15) is 31.2 Å². The summed E-state index contributed by atoms with van der Waals surface area (Å²) in [6.07, 6.45) is 3.96. The van der Waals surface area contributed by atoms with Crippen LogP contribution in [0.15, 0.2) is 59.8 Å². The molecule has 1 atom stereocenters. The number of para-hydroxylation sites is 1. The molecule has 7 nitrogen and oxygen atoms in total. The van der Waals surface area contributed by atoms with E-state index >= 15 is 0 Å². The minimum atomic E-state index is -3.67. The molecular weight excluding hydrogens is 388 g/mol. The molecule has 1 aromatic heterocycles. The molecule has 4 rings (SSSR count). The summed E-state index contributed by atoms with van der Waals surface area (Å²) in [5.41, 5.74) is 1.86. The van der Waals surface area contributed by atoms with Gasteiger partial charge in [-0.05, 0) is 55.2 Å². The van der Waals surface area contributed by atoms with E-state index in [9.17, 15) is 8.42 Å². The quantitative estimate of drug-likeness (QED) is 0.621. The third-order valence-electron chi connectivity index (χ3n) is 5.33. The Hall–Kier alpha value is -2.87. The summed E-state index contributed by atoms with van der Waals surface area (Å²) in [7, 11) is -1.87. The predicted octanol–water partition coefficient (Wildman–Crippen LogP) is 3.31. The molecule has 1 aliphatic heterocycles. The van der Waals surface area contributed by atoms with Gasteiger partial charge in [0.2, 0.25) is 0 Å². The lowest BCUT2D eigenvalue weighted by Gasteiger charge is -2.37. The van der Waals surface area contributed by atoms with Gasteiger partial charge in [0.15, 0.2) is 5.82 Å². The molecule has 152 valence electrons. The second-order valence-electron chi connectivity index (χ2n) is 7.09. The highest BCUT2D eigenvalue weighted by Gasteiger charge is 2.34. The zero-order valence-electron chi connectivity index (χ0n) is 16.5. The number of ether oxygens (including phenoxy) is 1. The summed E-state index contributed by atoms with van der Waals surface area (Å²) in [5, 5.41) is 4.00. The highest BCUT2D eigenvalue weighted by Crippen LogP contribution is 2.36. The van der Waals surface area contributed by atoms with Gasteiger partial charge >= 0.3 is 0 Å². The lowest BCUT2D eigenvalue weighted by Crippen LogP contribution is -2.43. The van der Waals surface area contributed by atoms with Crippen molar-refractivity contribution in [2.45, 2.75) is 43.7 Å². The van der Waals surface area contributed by atoms with E-state index in [1.165, 1.54) is 6.33 Å². The number of rotatable bonds is 6. The number of hydrogen-bond donors (Lipinski definition) is 0. The molecule has 0 spiro atoms. The van der Waals surface area contributed by atoms with Crippen LogP contribution in [0.25, 0.3) is 0 Å². The maximum absolute atomic E-state index is 13.5. The SMILES string of the molecule is CC[C@H]1CCc2ccccc2N1S(=O)(=O)c1ccc(OCc2ncnn2C)cc1. The molecule has 29 heavy (non-hydrogen) atoms. The van der Waals surface area contributed by atoms with Crippen molar-refractivity contribution in [3.63, 3.8) is 0 Å². The number of fused-ring (bicyclic) bond motifs is 1. The van der Waals surface area contributed by atoms with E-state index < -0.39 is 10.0 Å². The van der Waals surface area contributed by atoms with Crippen molar-refractivity contribution in [1.82, 2.24) is 14.8 Å². The van der Waals surface area contributed by atoms with Crippen molar-refractivity contribution < 1.29 is 13.2 Å². The normalized spacial score (nSPS) is 16.5. The number of sulfonamides is 1. The first-order chi connectivity index (χ1) is 14.0. The summed E-state index contributed by atoms with van der Waals surface area (Å²) < 4.78 is 35.9. The number of hydrogen-bond acceptors (Lipinski definition) is 5. The van der Waals surface area contributed by atoms with Crippen LogP contribution in [0.2, 0.25) is 0 Å². The van der Waals surface area contributed by atoms with Gasteiger partial charge < -0.3 is 4.74 Å². The molecule has 2 aromatic carbocycles. The summed E-state index contributed by atoms with van der Waals surface area (Å²) >= 11 is 0. The van der Waals surface area contributed by atoms with Gasteiger partial charge in [0.05, 0.1) is 10.6 Å². The maximum Gasteiger partial charge on any atom is 0.264 e. The molecule has 0 aliphatic carbocycles. The van der Waals surface area contributed by atoms with Crippen molar-refractivity contribution in [3.8, 4) is 5.75 Å². The van der Waals surface area contributed by atoms with Crippen molar-refractivity contribution in [2.75, 3.05) is 4.31 Å². The van der Waals surface area contributed by atoms with E-state index in [4.69, 9.17) is 4.74 Å². The van der Waals surface area contributed by atoms with Crippen molar-refractivity contribution in [3.05, 3.63) is 66.2 Å². The van der Waals surface area contributed by atoms with Crippen LogP contribution in [-0.2, 0) is 30.1 Å². The van der Waals surface area contributed by atoms with Gasteiger partial charge in [-0.3, -0.25) is 8.99 Å². The van der Waals surface area contributed by atoms with E-state index in [0.717, 1.165) is 30.5 Å². The largest absolute Gasteiger partial charge is 0.486 e. The Morgan fingerprint density at radius 2 is 1.90 bits per heavy atom. The number of aromatic nitrogens is 3. The van der Waals surface area contributed by atoms with E-state index in [-0.39, 0.29) is 17.5 Å². The van der Waals surface area contributed by atoms with Gasteiger partial charge in [0.25, 0.3) is 10.0 Å². The van der Waals surface area contributed by atoms with E-state index in [1.54, 1.807) is 40.3 Å². The fourth-order valence-electron chi connectivity index (χ4n) is 3.69. The van der Waals surface area contributed by atoms with Gasteiger partial charge in [0, 0.05) is 13.1 Å². The molecule has 0 fully saturated rings. The highest BCUT2D eigenvalue weighted by atomic mass is 32.2. The second-order valence-corrected chi connectivity index (χ2v) is 8.91. The number of benzene rings is 2. The van der Waals surface area contributed by atoms with E-state index in [2.05, 4.69) is 10.1 Å². The third kappa shape index (κ3) is 3.72. The van der Waals surface area contributed by atoms with Gasteiger partial charge in [-0.25, -0.2) is 13.4 Å². The van der Waals surface area contributed by atoms with Crippen LogP contribution in [0.5, 0.6) is 5.75 Å². The zero-order valence-corrected chi connectivity index (χ0v) is 17.3. The average Bonchev–Trinajstić information content (AvgIpc) is 3.16. The molecule has 0 saturated carbocycles.